The zero-order valence-electron chi connectivity index (χ0n) is 18.1. The highest BCUT2D eigenvalue weighted by Crippen LogP contribution is 2.34. The van der Waals surface area contributed by atoms with Crippen LogP contribution in [-0.2, 0) is 11.2 Å². The van der Waals surface area contributed by atoms with Crippen LogP contribution < -0.4 is 16.2 Å². The summed E-state index contributed by atoms with van der Waals surface area (Å²) in [6, 6.07) is 25.2. The lowest BCUT2D eigenvalue weighted by molar-refractivity contribution is -0.118. The third-order valence-corrected chi connectivity index (χ3v) is 6.29. The average Bonchev–Trinajstić information content (AvgIpc) is 2.98. The number of pyridine rings is 1. The van der Waals surface area contributed by atoms with E-state index in [9.17, 15) is 14.8 Å². The molecule has 2 unspecified atom stereocenters. The van der Waals surface area contributed by atoms with Crippen LogP contribution in [0, 0.1) is 0 Å². The van der Waals surface area contributed by atoms with Crippen LogP contribution in [0.3, 0.4) is 0 Å². The number of amides is 1. The lowest BCUT2D eigenvalue weighted by Crippen LogP contribution is -2.42. The van der Waals surface area contributed by atoms with Crippen molar-refractivity contribution in [2.45, 2.75) is 18.5 Å². The molecule has 0 aliphatic carbocycles. The van der Waals surface area contributed by atoms with Gasteiger partial charge in [-0.2, -0.15) is 4.73 Å². The quantitative estimate of drug-likeness (QED) is 0.378. The highest BCUT2D eigenvalue weighted by molar-refractivity contribution is 6.30. The molecule has 2 heterocycles. The van der Waals surface area contributed by atoms with Gasteiger partial charge in [-0.25, -0.2) is 0 Å². The molecule has 1 amide bonds. The normalized spacial score (nSPS) is 17.5. The number of anilines is 1. The van der Waals surface area contributed by atoms with Crippen molar-refractivity contribution < 1.29 is 10.0 Å². The van der Waals surface area contributed by atoms with Crippen LogP contribution in [0.2, 0.25) is 5.02 Å². The molecular formula is C27H22ClN3O3. The van der Waals surface area contributed by atoms with Crippen molar-refractivity contribution in [3.63, 3.8) is 0 Å². The van der Waals surface area contributed by atoms with Gasteiger partial charge < -0.3 is 10.5 Å². The van der Waals surface area contributed by atoms with E-state index in [1.807, 2.05) is 54.6 Å². The highest BCUT2D eigenvalue weighted by Gasteiger charge is 2.31. The van der Waals surface area contributed by atoms with E-state index in [4.69, 9.17) is 11.6 Å². The van der Waals surface area contributed by atoms with E-state index < -0.39 is 17.6 Å². The van der Waals surface area contributed by atoms with Crippen molar-refractivity contribution in [2.24, 2.45) is 0 Å². The number of rotatable bonds is 4. The zero-order chi connectivity index (χ0) is 23.7. The number of carbonyl (C=O) groups excluding carboxylic acids is 1. The summed E-state index contributed by atoms with van der Waals surface area (Å²) in [5, 5.41) is 16.6. The summed E-state index contributed by atoms with van der Waals surface area (Å²) in [7, 11) is 0. The van der Waals surface area contributed by atoms with Crippen molar-refractivity contribution in [1.29, 1.82) is 0 Å². The number of aromatic nitrogens is 1. The highest BCUT2D eigenvalue weighted by atomic mass is 35.5. The molecule has 5 rings (SSSR count). The number of nitrogens with zero attached hydrogens (tertiary/aromatic N) is 1. The van der Waals surface area contributed by atoms with E-state index in [0.29, 0.717) is 27.4 Å². The lowest BCUT2D eigenvalue weighted by atomic mass is 9.93. The lowest BCUT2D eigenvalue weighted by Gasteiger charge is -2.23. The molecule has 0 fully saturated rings. The summed E-state index contributed by atoms with van der Waals surface area (Å²) in [6.45, 7) is 0. The first-order valence-corrected chi connectivity index (χ1v) is 11.3. The van der Waals surface area contributed by atoms with E-state index in [1.165, 1.54) is 12.3 Å². The molecule has 7 heteroatoms. The minimum Gasteiger partial charge on any atom is -0.425 e. The minimum atomic E-state index is -0.586. The first kappa shape index (κ1) is 21.9. The second-order valence-corrected chi connectivity index (χ2v) is 8.68. The molecular weight excluding hydrogens is 450 g/mol. The summed E-state index contributed by atoms with van der Waals surface area (Å²) in [6.07, 6.45) is 1.73. The molecule has 1 aliphatic heterocycles. The van der Waals surface area contributed by atoms with Gasteiger partial charge in [0, 0.05) is 23.0 Å². The SMILES string of the molecule is O=C1Nc2ccc(Cl)cc2C(c2ccn(O)c(=O)c2)NC1Cc1ccccc1-c1ccccc1. The first-order chi connectivity index (χ1) is 16.5. The summed E-state index contributed by atoms with van der Waals surface area (Å²) in [5.74, 6) is -0.176. The fourth-order valence-electron chi connectivity index (χ4n) is 4.38. The summed E-state index contributed by atoms with van der Waals surface area (Å²) >= 11 is 6.28. The molecule has 0 saturated carbocycles. The van der Waals surface area contributed by atoms with E-state index in [-0.39, 0.29) is 5.91 Å². The van der Waals surface area contributed by atoms with Crippen LogP contribution >= 0.6 is 11.6 Å². The number of hydrogen-bond donors (Lipinski definition) is 3. The molecule has 0 spiro atoms. The second-order valence-electron chi connectivity index (χ2n) is 8.24. The van der Waals surface area contributed by atoms with Crippen LogP contribution in [0.25, 0.3) is 11.1 Å². The summed E-state index contributed by atoms with van der Waals surface area (Å²) < 4.78 is 0.524. The Labute approximate surface area is 201 Å². The molecule has 2 atom stereocenters. The van der Waals surface area contributed by atoms with Gasteiger partial charge >= 0.3 is 0 Å². The molecule has 1 aliphatic rings. The molecule has 0 saturated heterocycles. The van der Waals surface area contributed by atoms with Crippen LogP contribution in [0.15, 0.2) is 95.9 Å². The topological polar surface area (TPSA) is 83.4 Å². The monoisotopic (exact) mass is 471 g/mol. The summed E-state index contributed by atoms with van der Waals surface area (Å²) in [4.78, 5) is 25.5. The number of hydrogen-bond acceptors (Lipinski definition) is 4. The van der Waals surface area contributed by atoms with Crippen molar-refractivity contribution in [3.8, 4) is 11.1 Å². The third-order valence-electron chi connectivity index (χ3n) is 6.05. The van der Waals surface area contributed by atoms with E-state index in [1.54, 1.807) is 24.3 Å². The van der Waals surface area contributed by atoms with Gasteiger partial charge in [0.15, 0.2) is 0 Å². The van der Waals surface area contributed by atoms with Crippen LogP contribution in [0.4, 0.5) is 5.69 Å². The average molecular weight is 472 g/mol. The van der Waals surface area contributed by atoms with Crippen molar-refractivity contribution in [2.75, 3.05) is 5.32 Å². The Morgan fingerprint density at radius 3 is 2.47 bits per heavy atom. The number of fused-ring (bicyclic) bond motifs is 1. The predicted octanol–water partition coefficient (Wildman–Crippen LogP) is 4.65. The van der Waals surface area contributed by atoms with Crippen molar-refractivity contribution in [3.05, 3.63) is 123 Å². The molecule has 34 heavy (non-hydrogen) atoms. The minimum absolute atomic E-state index is 0.176. The molecule has 0 bridgehead atoms. The second kappa shape index (κ2) is 9.17. The van der Waals surface area contributed by atoms with Crippen LogP contribution in [0.5, 0.6) is 0 Å². The van der Waals surface area contributed by atoms with E-state index >= 15 is 0 Å². The van der Waals surface area contributed by atoms with Gasteiger partial charge in [-0.15, -0.1) is 0 Å². The number of carbonyl (C=O) groups is 1. The molecule has 6 nitrogen and oxygen atoms in total. The van der Waals surface area contributed by atoms with Crippen LogP contribution in [0.1, 0.15) is 22.7 Å². The van der Waals surface area contributed by atoms with Gasteiger partial charge in [-0.05, 0) is 58.5 Å². The maximum Gasteiger partial charge on any atom is 0.283 e. The Bertz CT molecular complexity index is 1420. The summed E-state index contributed by atoms with van der Waals surface area (Å²) in [5.41, 5.74) is 4.59. The van der Waals surface area contributed by atoms with Gasteiger partial charge in [0.25, 0.3) is 5.56 Å². The van der Waals surface area contributed by atoms with Crippen molar-refractivity contribution in [1.82, 2.24) is 10.0 Å². The number of benzene rings is 3. The van der Waals surface area contributed by atoms with Gasteiger partial charge in [-0.3, -0.25) is 14.9 Å². The maximum absolute atomic E-state index is 13.3. The van der Waals surface area contributed by atoms with Crippen LogP contribution in [-0.4, -0.2) is 21.9 Å². The fraction of sp³-hybridized carbons (Fsp3) is 0.111. The molecule has 3 aromatic carbocycles. The Morgan fingerprint density at radius 1 is 0.912 bits per heavy atom. The van der Waals surface area contributed by atoms with Crippen molar-refractivity contribution >= 4 is 23.2 Å². The van der Waals surface area contributed by atoms with E-state index in [0.717, 1.165) is 22.3 Å². The Hall–Kier alpha value is -3.87. The number of halogens is 1. The zero-order valence-corrected chi connectivity index (χ0v) is 18.9. The fourth-order valence-corrected chi connectivity index (χ4v) is 4.56. The van der Waals surface area contributed by atoms with E-state index in [2.05, 4.69) is 10.6 Å². The predicted molar refractivity (Wildman–Crippen MR) is 132 cm³/mol. The third kappa shape index (κ3) is 4.33. The number of nitrogens with one attached hydrogen (secondary N) is 2. The molecule has 1 aromatic heterocycles. The smallest absolute Gasteiger partial charge is 0.283 e. The van der Waals surface area contributed by atoms with Gasteiger partial charge in [-0.1, -0.05) is 66.2 Å². The molecule has 0 radical (unpaired) electrons. The largest absolute Gasteiger partial charge is 0.425 e. The Balaban J connectivity index is 1.56. The Morgan fingerprint density at radius 2 is 1.68 bits per heavy atom. The molecule has 4 aromatic rings. The standard InChI is InChI=1S/C27H22ClN3O3/c28-20-10-11-23-22(16-20)26(19-12-13-31(34)25(32)15-19)29-24(27(33)30-23)14-18-8-4-5-9-21(18)17-6-2-1-3-7-17/h1-13,15-16,24,26,29,34H,14H2,(H,30,33). The first-order valence-electron chi connectivity index (χ1n) is 10.9. The molecule has 3 N–H and O–H groups in total. The van der Waals surface area contributed by atoms with Gasteiger partial charge in [0.1, 0.15) is 0 Å². The van der Waals surface area contributed by atoms with Gasteiger partial charge in [0.2, 0.25) is 5.91 Å². The maximum atomic E-state index is 13.3. The molecule has 170 valence electrons. The Kier molecular flexibility index (Phi) is 5.92. The van der Waals surface area contributed by atoms with Gasteiger partial charge in [0.05, 0.1) is 12.1 Å².